The van der Waals surface area contributed by atoms with Gasteiger partial charge in [-0.3, -0.25) is 4.79 Å². The lowest BCUT2D eigenvalue weighted by Crippen LogP contribution is -2.01. The molecule has 1 atom stereocenters. The van der Waals surface area contributed by atoms with Crippen LogP contribution in [0.15, 0.2) is 72.8 Å². The summed E-state index contributed by atoms with van der Waals surface area (Å²) in [6.07, 6.45) is 4.45. The number of carbonyl (C=O) groups excluding carboxylic acids is 1. The summed E-state index contributed by atoms with van der Waals surface area (Å²) in [6, 6.07) is 20.8. The van der Waals surface area contributed by atoms with E-state index < -0.39 is 0 Å². The summed E-state index contributed by atoms with van der Waals surface area (Å²) < 4.78 is 1.20. The first kappa shape index (κ1) is 17.5. The van der Waals surface area contributed by atoms with Crippen LogP contribution in [0, 0.1) is 0 Å². The third kappa shape index (κ3) is 4.18. The average Bonchev–Trinajstić information content (AvgIpc) is 2.62. The van der Waals surface area contributed by atoms with Gasteiger partial charge in [0.2, 0.25) is 0 Å². The van der Waals surface area contributed by atoms with Gasteiger partial charge in [-0.05, 0) is 50.6 Å². The van der Waals surface area contributed by atoms with Crippen LogP contribution in [0.4, 0.5) is 0 Å². The zero-order chi connectivity index (χ0) is 16.9. The Morgan fingerprint density at radius 3 is 2.12 bits per heavy atom. The van der Waals surface area contributed by atoms with Gasteiger partial charge in [0.05, 0.1) is 5.75 Å². The topological polar surface area (TPSA) is 17.1 Å². The van der Waals surface area contributed by atoms with Crippen LogP contribution in [0.3, 0.4) is 0 Å². The Hall–Kier alpha value is -1.36. The van der Waals surface area contributed by atoms with Crippen molar-refractivity contribution in [2.24, 2.45) is 0 Å². The highest BCUT2D eigenvalue weighted by atomic mass is 79.9. The lowest BCUT2D eigenvalue weighted by molar-refractivity contribution is -0.114. The van der Waals surface area contributed by atoms with Gasteiger partial charge in [0.1, 0.15) is 5.78 Å². The van der Waals surface area contributed by atoms with Crippen molar-refractivity contribution in [3.8, 4) is 0 Å². The van der Waals surface area contributed by atoms with E-state index in [2.05, 4.69) is 75.5 Å². The SMILES string of the molecule is CC(=O)CSC1=S(Br)C(c2ccccc2)=CC(c2ccccc2)=C1. The molecule has 1 nitrogen and oxygen atoms in total. The maximum absolute atomic E-state index is 11.4. The molecule has 1 aliphatic heterocycles. The summed E-state index contributed by atoms with van der Waals surface area (Å²) in [5.74, 6) is 0.702. The summed E-state index contributed by atoms with van der Waals surface area (Å²) in [6.45, 7) is 1.64. The number of hydrogen-bond donors (Lipinski definition) is 0. The van der Waals surface area contributed by atoms with Crippen molar-refractivity contribution in [1.82, 2.24) is 0 Å². The van der Waals surface area contributed by atoms with E-state index in [0.717, 1.165) is 0 Å². The fourth-order valence-electron chi connectivity index (χ4n) is 2.37. The van der Waals surface area contributed by atoms with E-state index in [9.17, 15) is 4.79 Å². The van der Waals surface area contributed by atoms with Crippen molar-refractivity contribution in [2.45, 2.75) is 6.92 Å². The number of carbonyl (C=O) groups is 1. The molecular weight excluding hydrogens is 400 g/mol. The minimum atomic E-state index is -0.203. The number of Topliss-reactive ketones (excluding diaryl/α,β-unsaturated/α-hetero) is 1. The molecule has 0 saturated heterocycles. The lowest BCUT2D eigenvalue weighted by Gasteiger charge is -2.19. The van der Waals surface area contributed by atoms with Crippen molar-refractivity contribution in [3.05, 3.63) is 83.9 Å². The first-order valence-corrected chi connectivity index (χ1v) is 11.6. The maximum Gasteiger partial charge on any atom is 0.140 e. The fraction of sp³-hybridized carbons (Fsp3) is 0.100. The predicted molar refractivity (Wildman–Crippen MR) is 114 cm³/mol. The minimum absolute atomic E-state index is 0.197. The maximum atomic E-state index is 11.4. The molecule has 122 valence electrons. The van der Waals surface area contributed by atoms with Gasteiger partial charge in [0.15, 0.2) is 0 Å². The lowest BCUT2D eigenvalue weighted by atomic mass is 10.0. The smallest absolute Gasteiger partial charge is 0.140 e. The molecule has 1 aliphatic rings. The first-order valence-electron chi connectivity index (χ1n) is 7.59. The van der Waals surface area contributed by atoms with Crippen molar-refractivity contribution < 1.29 is 4.79 Å². The highest BCUT2D eigenvalue weighted by Gasteiger charge is 2.17. The second-order valence-electron chi connectivity index (χ2n) is 5.41. The van der Waals surface area contributed by atoms with Gasteiger partial charge in [-0.1, -0.05) is 69.6 Å². The number of halogens is 1. The van der Waals surface area contributed by atoms with E-state index in [1.165, 1.54) is 25.8 Å². The standard InChI is InChI=1S/C20H17BrOS2/c1-15(22)14-23-20-13-18(16-8-4-2-5-9-16)12-19(24(20)21)17-10-6-3-7-11-17/h2-13H,14H2,1H3. The van der Waals surface area contributed by atoms with Gasteiger partial charge in [0.25, 0.3) is 0 Å². The van der Waals surface area contributed by atoms with E-state index in [1.807, 2.05) is 12.1 Å². The van der Waals surface area contributed by atoms with E-state index in [-0.39, 0.29) is 14.7 Å². The van der Waals surface area contributed by atoms with Crippen LogP contribution in [0.2, 0.25) is 0 Å². The molecule has 0 aromatic heterocycles. The molecule has 1 unspecified atom stereocenters. The molecule has 4 heteroatoms. The van der Waals surface area contributed by atoms with Crippen LogP contribution in [0.5, 0.6) is 0 Å². The van der Waals surface area contributed by atoms with Crippen LogP contribution in [0.1, 0.15) is 18.1 Å². The highest BCUT2D eigenvalue weighted by Crippen LogP contribution is 2.48. The molecule has 0 spiro atoms. The normalized spacial score (nSPS) is 17.2. The van der Waals surface area contributed by atoms with Crippen LogP contribution >= 0.6 is 35.5 Å². The molecule has 1 heterocycles. The molecule has 0 amide bonds. The average molecular weight is 417 g/mol. The largest absolute Gasteiger partial charge is 0.299 e. The molecule has 24 heavy (non-hydrogen) atoms. The van der Waals surface area contributed by atoms with Crippen LogP contribution in [-0.2, 0) is 4.79 Å². The molecule has 0 saturated carbocycles. The molecule has 0 bridgehead atoms. The summed E-state index contributed by atoms with van der Waals surface area (Å²) >= 11 is 5.48. The van der Waals surface area contributed by atoms with Crippen molar-refractivity contribution in [2.75, 3.05) is 5.75 Å². The van der Waals surface area contributed by atoms with Gasteiger partial charge < -0.3 is 0 Å². The Morgan fingerprint density at radius 2 is 1.54 bits per heavy atom. The van der Waals surface area contributed by atoms with E-state index in [1.54, 1.807) is 18.7 Å². The number of thioether (sulfide) groups is 1. The third-order valence-corrected chi connectivity index (χ3v) is 9.27. The molecular formula is C20H17BrOS2. The van der Waals surface area contributed by atoms with Crippen LogP contribution in [-0.4, -0.2) is 15.7 Å². The number of allylic oxidation sites excluding steroid dienone is 2. The Morgan fingerprint density at radius 1 is 0.958 bits per heavy atom. The molecule has 0 radical (unpaired) electrons. The van der Waals surface area contributed by atoms with Gasteiger partial charge in [-0.2, -0.15) is 0 Å². The summed E-state index contributed by atoms with van der Waals surface area (Å²) in [4.78, 5) is 12.7. The predicted octanol–water partition coefficient (Wildman–Crippen LogP) is 6.16. The Kier molecular flexibility index (Phi) is 5.93. The number of rotatable bonds is 4. The van der Waals surface area contributed by atoms with Crippen molar-refractivity contribution in [3.63, 3.8) is 0 Å². The van der Waals surface area contributed by atoms with Gasteiger partial charge >= 0.3 is 0 Å². The zero-order valence-corrected chi connectivity index (χ0v) is 16.5. The van der Waals surface area contributed by atoms with Crippen molar-refractivity contribution >= 4 is 56.0 Å². The van der Waals surface area contributed by atoms with Crippen molar-refractivity contribution in [1.29, 1.82) is 0 Å². The molecule has 0 aliphatic carbocycles. The molecule has 3 rings (SSSR count). The second kappa shape index (κ2) is 8.15. The van der Waals surface area contributed by atoms with Gasteiger partial charge in [0, 0.05) is 9.10 Å². The zero-order valence-electron chi connectivity index (χ0n) is 13.2. The number of benzene rings is 2. The number of ketones is 1. The minimum Gasteiger partial charge on any atom is -0.299 e. The number of hydrogen-bond acceptors (Lipinski definition) is 2. The first-order chi connectivity index (χ1) is 11.6. The highest BCUT2D eigenvalue weighted by molar-refractivity contribution is 9.54. The monoisotopic (exact) mass is 416 g/mol. The Balaban J connectivity index is 2.07. The van der Waals surface area contributed by atoms with Gasteiger partial charge in [-0.15, -0.1) is 11.8 Å². The van der Waals surface area contributed by atoms with E-state index in [4.69, 9.17) is 0 Å². The summed E-state index contributed by atoms with van der Waals surface area (Å²) in [5, 5.41) is 0. The second-order valence-corrected chi connectivity index (χ2v) is 10.0. The fourth-order valence-corrected chi connectivity index (χ4v) is 6.77. The molecule has 2 aromatic carbocycles. The third-order valence-electron chi connectivity index (χ3n) is 3.51. The molecule has 0 N–H and O–H groups in total. The van der Waals surface area contributed by atoms with Crippen LogP contribution in [0.25, 0.3) is 10.5 Å². The Labute approximate surface area is 157 Å². The molecule has 2 aromatic rings. The summed E-state index contributed by atoms with van der Waals surface area (Å²) in [7, 11) is -0.203. The van der Waals surface area contributed by atoms with E-state index >= 15 is 0 Å². The quantitative estimate of drug-likeness (QED) is 0.555. The summed E-state index contributed by atoms with van der Waals surface area (Å²) in [5.41, 5.74) is 3.58. The van der Waals surface area contributed by atoms with E-state index in [0.29, 0.717) is 5.75 Å². The Bertz CT molecular complexity index is 836. The van der Waals surface area contributed by atoms with Crippen LogP contribution < -0.4 is 0 Å². The molecule has 0 fully saturated rings. The van der Waals surface area contributed by atoms with Gasteiger partial charge in [-0.25, -0.2) is 0 Å².